The molecular formula is C10H14ClNO3. The topological polar surface area (TPSA) is 39.7 Å². The monoisotopic (exact) mass is 231 g/mol. The zero-order chi connectivity index (χ0) is 11.3. The molecule has 84 valence electrons. The highest BCUT2D eigenvalue weighted by Gasteiger charge is 2.10. The maximum absolute atomic E-state index is 6.02. The van der Waals surface area contributed by atoms with Crippen LogP contribution in [0.3, 0.4) is 0 Å². The molecule has 0 heterocycles. The second-order valence-corrected chi connectivity index (χ2v) is 3.25. The molecule has 0 amide bonds. The number of hydrogen-bond acceptors (Lipinski definition) is 4. The predicted molar refractivity (Wildman–Crippen MR) is 58.4 cm³/mol. The molecule has 0 spiro atoms. The third kappa shape index (κ3) is 2.99. The van der Waals surface area contributed by atoms with Crippen LogP contribution in [0.2, 0.25) is 5.02 Å². The summed E-state index contributed by atoms with van der Waals surface area (Å²) in [6, 6.07) is 3.64. The molecule has 0 aliphatic rings. The molecule has 0 saturated carbocycles. The number of nitrogens with one attached hydrogen (secondary N) is 1. The summed E-state index contributed by atoms with van der Waals surface area (Å²) in [7, 11) is 4.68. The van der Waals surface area contributed by atoms with Crippen LogP contribution in [0.5, 0.6) is 11.5 Å². The number of hydrogen-bond donors (Lipinski definition) is 1. The van der Waals surface area contributed by atoms with E-state index >= 15 is 0 Å². The van der Waals surface area contributed by atoms with Crippen molar-refractivity contribution in [2.45, 2.75) is 6.54 Å². The molecule has 1 aromatic rings. The van der Waals surface area contributed by atoms with E-state index in [1.807, 2.05) is 6.07 Å². The van der Waals surface area contributed by atoms with Crippen molar-refractivity contribution in [2.75, 3.05) is 21.3 Å². The minimum Gasteiger partial charge on any atom is -0.493 e. The largest absolute Gasteiger partial charge is 0.493 e. The molecule has 0 aliphatic carbocycles. The molecule has 0 fully saturated rings. The molecule has 0 bridgehead atoms. The highest BCUT2D eigenvalue weighted by molar-refractivity contribution is 6.32. The third-order valence-electron chi connectivity index (χ3n) is 1.91. The molecule has 0 radical (unpaired) electrons. The molecule has 1 N–H and O–H groups in total. The lowest BCUT2D eigenvalue weighted by Gasteiger charge is -2.11. The van der Waals surface area contributed by atoms with Gasteiger partial charge in [0.05, 0.1) is 26.4 Å². The Balaban J connectivity index is 2.97. The molecule has 0 atom stereocenters. The van der Waals surface area contributed by atoms with Gasteiger partial charge in [-0.2, -0.15) is 5.48 Å². The van der Waals surface area contributed by atoms with Gasteiger partial charge in [-0.1, -0.05) is 11.6 Å². The lowest BCUT2D eigenvalue weighted by atomic mass is 10.2. The van der Waals surface area contributed by atoms with E-state index in [0.717, 1.165) is 5.56 Å². The first kappa shape index (κ1) is 12.1. The van der Waals surface area contributed by atoms with Gasteiger partial charge < -0.3 is 14.3 Å². The van der Waals surface area contributed by atoms with Crippen LogP contribution in [-0.4, -0.2) is 21.3 Å². The molecule has 1 rings (SSSR count). The maximum Gasteiger partial charge on any atom is 0.179 e. The number of methoxy groups -OCH3 is 2. The predicted octanol–water partition coefficient (Wildman–Crippen LogP) is 2.01. The Morgan fingerprint density at radius 3 is 2.47 bits per heavy atom. The average molecular weight is 232 g/mol. The minimum atomic E-state index is 0.518. The number of halogens is 1. The van der Waals surface area contributed by atoms with Gasteiger partial charge in [0.25, 0.3) is 0 Å². The molecular weight excluding hydrogens is 218 g/mol. The summed E-state index contributed by atoms with van der Waals surface area (Å²) in [5.41, 5.74) is 3.68. The Morgan fingerprint density at radius 2 is 1.93 bits per heavy atom. The van der Waals surface area contributed by atoms with E-state index in [4.69, 9.17) is 25.9 Å². The van der Waals surface area contributed by atoms with E-state index < -0.39 is 0 Å². The van der Waals surface area contributed by atoms with Gasteiger partial charge in [0.15, 0.2) is 11.5 Å². The quantitative estimate of drug-likeness (QED) is 0.787. The van der Waals surface area contributed by atoms with Crippen molar-refractivity contribution >= 4 is 11.6 Å². The van der Waals surface area contributed by atoms with Gasteiger partial charge in [0.1, 0.15) is 0 Å². The fraction of sp³-hybridized carbons (Fsp3) is 0.400. The maximum atomic E-state index is 6.02. The third-order valence-corrected chi connectivity index (χ3v) is 2.19. The molecule has 15 heavy (non-hydrogen) atoms. The molecule has 1 aromatic carbocycles. The van der Waals surface area contributed by atoms with E-state index in [1.165, 1.54) is 0 Å². The summed E-state index contributed by atoms with van der Waals surface area (Å²) in [5.74, 6) is 1.15. The van der Waals surface area contributed by atoms with Crippen molar-refractivity contribution in [1.29, 1.82) is 0 Å². The first-order chi connectivity index (χ1) is 7.22. The number of ether oxygens (including phenoxy) is 2. The van der Waals surface area contributed by atoms with Crippen molar-refractivity contribution in [1.82, 2.24) is 5.48 Å². The lowest BCUT2D eigenvalue weighted by molar-refractivity contribution is 0.0866. The Morgan fingerprint density at radius 1 is 1.20 bits per heavy atom. The molecule has 0 saturated heterocycles. The number of hydroxylamine groups is 1. The zero-order valence-electron chi connectivity index (χ0n) is 8.96. The number of benzene rings is 1. The van der Waals surface area contributed by atoms with Crippen LogP contribution in [0.15, 0.2) is 12.1 Å². The van der Waals surface area contributed by atoms with E-state index in [-0.39, 0.29) is 0 Å². The Kier molecular flexibility index (Phi) is 4.68. The summed E-state index contributed by atoms with van der Waals surface area (Å²) >= 11 is 6.02. The molecule has 0 aromatic heterocycles. The van der Waals surface area contributed by atoms with Gasteiger partial charge in [-0.05, 0) is 17.7 Å². The SMILES string of the molecule is CONCc1cc(Cl)c(OC)c(OC)c1. The summed E-state index contributed by atoms with van der Waals surface area (Å²) < 4.78 is 10.3. The van der Waals surface area contributed by atoms with Gasteiger partial charge in [0.2, 0.25) is 0 Å². The fourth-order valence-corrected chi connectivity index (χ4v) is 1.54. The smallest absolute Gasteiger partial charge is 0.179 e. The van der Waals surface area contributed by atoms with E-state index in [9.17, 15) is 0 Å². The van der Waals surface area contributed by atoms with E-state index in [2.05, 4.69) is 5.48 Å². The van der Waals surface area contributed by atoms with Gasteiger partial charge in [-0.3, -0.25) is 0 Å². The zero-order valence-corrected chi connectivity index (χ0v) is 9.72. The van der Waals surface area contributed by atoms with Crippen molar-refractivity contribution < 1.29 is 14.3 Å². The lowest BCUT2D eigenvalue weighted by Crippen LogP contribution is -2.10. The summed E-state index contributed by atoms with van der Waals surface area (Å²) in [6.07, 6.45) is 0. The van der Waals surface area contributed by atoms with Gasteiger partial charge in [0, 0.05) is 6.54 Å². The van der Waals surface area contributed by atoms with Crippen molar-refractivity contribution in [3.8, 4) is 11.5 Å². The van der Waals surface area contributed by atoms with Gasteiger partial charge in [-0.15, -0.1) is 0 Å². The molecule has 5 heteroatoms. The van der Waals surface area contributed by atoms with Crippen LogP contribution >= 0.6 is 11.6 Å². The Bertz CT molecular complexity index is 331. The van der Waals surface area contributed by atoms with Crippen LogP contribution in [0.4, 0.5) is 0 Å². The van der Waals surface area contributed by atoms with Crippen LogP contribution in [-0.2, 0) is 11.4 Å². The van der Waals surface area contributed by atoms with Crippen LogP contribution in [0.25, 0.3) is 0 Å². The van der Waals surface area contributed by atoms with Crippen LogP contribution < -0.4 is 15.0 Å². The highest BCUT2D eigenvalue weighted by atomic mass is 35.5. The molecule has 0 unspecified atom stereocenters. The summed E-state index contributed by atoms with van der Waals surface area (Å²) in [6.45, 7) is 0.552. The Labute approximate surface area is 94.0 Å². The van der Waals surface area contributed by atoms with E-state index in [0.29, 0.717) is 23.1 Å². The first-order valence-corrected chi connectivity index (χ1v) is 4.77. The van der Waals surface area contributed by atoms with Crippen LogP contribution in [0.1, 0.15) is 5.56 Å². The van der Waals surface area contributed by atoms with Crippen molar-refractivity contribution in [3.63, 3.8) is 0 Å². The molecule has 4 nitrogen and oxygen atoms in total. The molecule has 0 aliphatic heterocycles. The fourth-order valence-electron chi connectivity index (χ4n) is 1.23. The second kappa shape index (κ2) is 5.80. The normalized spacial score (nSPS) is 10.1. The first-order valence-electron chi connectivity index (χ1n) is 4.39. The number of rotatable bonds is 5. The second-order valence-electron chi connectivity index (χ2n) is 2.84. The standard InChI is InChI=1S/C10H14ClNO3/c1-13-9-5-7(6-12-15-3)4-8(11)10(9)14-2/h4-5,12H,6H2,1-3H3. The summed E-state index contributed by atoms with van der Waals surface area (Å²) in [5, 5.41) is 0.518. The van der Waals surface area contributed by atoms with Gasteiger partial charge >= 0.3 is 0 Å². The Hall–Kier alpha value is -0.970. The summed E-state index contributed by atoms with van der Waals surface area (Å²) in [4.78, 5) is 4.75. The van der Waals surface area contributed by atoms with Crippen molar-refractivity contribution in [2.24, 2.45) is 0 Å². The average Bonchev–Trinajstić information content (AvgIpc) is 2.25. The van der Waals surface area contributed by atoms with Crippen LogP contribution in [0, 0.1) is 0 Å². The van der Waals surface area contributed by atoms with Gasteiger partial charge in [-0.25, -0.2) is 0 Å². The van der Waals surface area contributed by atoms with Crippen molar-refractivity contribution in [3.05, 3.63) is 22.7 Å². The highest BCUT2D eigenvalue weighted by Crippen LogP contribution is 2.35. The van der Waals surface area contributed by atoms with E-state index in [1.54, 1.807) is 27.4 Å². The minimum absolute atomic E-state index is 0.518.